The molecular formula is C12H13N3OS. The number of amides is 1. The number of carbonyl (C=O) groups is 1. The fraction of sp³-hybridized carbons (Fsp3) is 0.250. The molecule has 2 heterocycles. The molecule has 0 unspecified atom stereocenters. The number of nitrogen functional groups attached to an aromatic ring is 1. The minimum atomic E-state index is -0.0907. The molecule has 2 aromatic rings. The van der Waals surface area contributed by atoms with E-state index in [4.69, 9.17) is 5.73 Å². The molecule has 3 N–H and O–H groups in total. The molecule has 0 radical (unpaired) electrons. The van der Waals surface area contributed by atoms with Crippen LogP contribution >= 0.6 is 11.3 Å². The highest BCUT2D eigenvalue weighted by Gasteiger charge is 2.27. The number of nitrogens with two attached hydrogens (primary N) is 1. The molecule has 0 aliphatic heterocycles. The van der Waals surface area contributed by atoms with Crippen LogP contribution in [0.5, 0.6) is 0 Å². The second-order valence-electron chi connectivity index (χ2n) is 4.26. The largest absolute Gasteiger partial charge is 0.397 e. The average molecular weight is 247 g/mol. The Labute approximate surface area is 103 Å². The maximum atomic E-state index is 12.1. The molecule has 1 fully saturated rings. The molecule has 1 aliphatic rings. The van der Waals surface area contributed by atoms with Gasteiger partial charge in [-0.1, -0.05) is 0 Å². The van der Waals surface area contributed by atoms with Crippen molar-refractivity contribution in [1.82, 2.24) is 4.57 Å². The number of thiophene rings is 1. The normalized spacial score (nSPS) is 14.8. The summed E-state index contributed by atoms with van der Waals surface area (Å²) in [6, 6.07) is 4.08. The Morgan fingerprint density at radius 2 is 2.35 bits per heavy atom. The minimum absolute atomic E-state index is 0.0907. The summed E-state index contributed by atoms with van der Waals surface area (Å²) in [5.74, 6) is -0.0907. The van der Waals surface area contributed by atoms with Gasteiger partial charge in [0.2, 0.25) is 0 Å². The first-order chi connectivity index (χ1) is 8.24. The molecule has 17 heavy (non-hydrogen) atoms. The predicted molar refractivity (Wildman–Crippen MR) is 69.4 cm³/mol. The fourth-order valence-electron chi connectivity index (χ4n) is 1.87. The predicted octanol–water partition coefficient (Wildman–Crippen LogP) is 2.72. The second kappa shape index (κ2) is 3.92. The topological polar surface area (TPSA) is 60.1 Å². The molecule has 4 nitrogen and oxygen atoms in total. The minimum Gasteiger partial charge on any atom is -0.397 e. The van der Waals surface area contributed by atoms with Crippen molar-refractivity contribution >= 4 is 28.6 Å². The summed E-state index contributed by atoms with van der Waals surface area (Å²) in [7, 11) is 0. The summed E-state index contributed by atoms with van der Waals surface area (Å²) in [6.45, 7) is 0. The van der Waals surface area contributed by atoms with Gasteiger partial charge in [-0.3, -0.25) is 4.79 Å². The van der Waals surface area contributed by atoms with Crippen LogP contribution in [0.25, 0.3) is 0 Å². The van der Waals surface area contributed by atoms with Gasteiger partial charge < -0.3 is 15.6 Å². The van der Waals surface area contributed by atoms with E-state index in [9.17, 15) is 4.79 Å². The number of nitrogens with zero attached hydrogens (tertiary/aromatic N) is 1. The van der Waals surface area contributed by atoms with Crippen LogP contribution in [0.3, 0.4) is 0 Å². The first-order valence-corrected chi connectivity index (χ1v) is 6.49. The SMILES string of the molecule is Nc1cc(C(=O)Nc2ccsc2)n(C2CC2)c1. The summed E-state index contributed by atoms with van der Waals surface area (Å²) in [6.07, 6.45) is 4.11. The van der Waals surface area contributed by atoms with Crippen molar-refractivity contribution in [3.63, 3.8) is 0 Å². The van der Waals surface area contributed by atoms with Crippen molar-refractivity contribution in [2.45, 2.75) is 18.9 Å². The number of aromatic nitrogens is 1. The highest BCUT2D eigenvalue weighted by molar-refractivity contribution is 7.08. The van der Waals surface area contributed by atoms with Gasteiger partial charge >= 0.3 is 0 Å². The van der Waals surface area contributed by atoms with Crippen LogP contribution in [0.2, 0.25) is 0 Å². The summed E-state index contributed by atoms with van der Waals surface area (Å²) < 4.78 is 1.98. The van der Waals surface area contributed by atoms with E-state index >= 15 is 0 Å². The Bertz CT molecular complexity index is 540. The van der Waals surface area contributed by atoms with E-state index in [1.807, 2.05) is 27.6 Å². The lowest BCUT2D eigenvalue weighted by molar-refractivity contribution is 0.101. The Hall–Kier alpha value is -1.75. The number of carbonyl (C=O) groups excluding carboxylic acids is 1. The highest BCUT2D eigenvalue weighted by Crippen LogP contribution is 2.37. The van der Waals surface area contributed by atoms with Gasteiger partial charge in [-0.15, -0.1) is 0 Å². The zero-order chi connectivity index (χ0) is 11.8. The molecule has 1 amide bonds. The van der Waals surface area contributed by atoms with Crippen LogP contribution in [-0.4, -0.2) is 10.5 Å². The van der Waals surface area contributed by atoms with Crippen molar-refractivity contribution < 1.29 is 4.79 Å². The Morgan fingerprint density at radius 1 is 1.53 bits per heavy atom. The van der Waals surface area contributed by atoms with E-state index in [1.54, 1.807) is 17.4 Å². The Kier molecular flexibility index (Phi) is 2.40. The van der Waals surface area contributed by atoms with E-state index in [0.29, 0.717) is 17.4 Å². The van der Waals surface area contributed by atoms with Gasteiger partial charge in [0.1, 0.15) is 5.69 Å². The van der Waals surface area contributed by atoms with Crippen LogP contribution in [0.1, 0.15) is 29.4 Å². The highest BCUT2D eigenvalue weighted by atomic mass is 32.1. The summed E-state index contributed by atoms with van der Waals surface area (Å²) in [5.41, 5.74) is 7.89. The number of hydrogen-bond donors (Lipinski definition) is 2. The lowest BCUT2D eigenvalue weighted by atomic mass is 10.3. The van der Waals surface area contributed by atoms with Crippen molar-refractivity contribution in [3.05, 3.63) is 34.8 Å². The van der Waals surface area contributed by atoms with Gasteiger partial charge in [-0.05, 0) is 30.4 Å². The third-order valence-corrected chi connectivity index (χ3v) is 3.50. The van der Waals surface area contributed by atoms with Crippen molar-refractivity contribution in [3.8, 4) is 0 Å². The maximum Gasteiger partial charge on any atom is 0.272 e. The molecule has 2 aromatic heterocycles. The lowest BCUT2D eigenvalue weighted by Crippen LogP contribution is -2.15. The monoisotopic (exact) mass is 247 g/mol. The van der Waals surface area contributed by atoms with Crippen LogP contribution in [0, 0.1) is 0 Å². The molecule has 3 rings (SSSR count). The third kappa shape index (κ3) is 2.06. The number of rotatable bonds is 3. The van der Waals surface area contributed by atoms with Crippen molar-refractivity contribution in [1.29, 1.82) is 0 Å². The number of anilines is 2. The molecule has 0 spiro atoms. The van der Waals surface area contributed by atoms with Gasteiger partial charge in [0.05, 0.1) is 11.4 Å². The smallest absolute Gasteiger partial charge is 0.272 e. The molecule has 88 valence electrons. The number of nitrogens with one attached hydrogen (secondary N) is 1. The van der Waals surface area contributed by atoms with Gasteiger partial charge in [0.15, 0.2) is 0 Å². The van der Waals surface area contributed by atoms with Gasteiger partial charge in [0.25, 0.3) is 5.91 Å². The zero-order valence-corrected chi connectivity index (χ0v) is 10.0. The molecule has 0 saturated heterocycles. The van der Waals surface area contributed by atoms with Gasteiger partial charge in [-0.2, -0.15) is 11.3 Å². The lowest BCUT2D eigenvalue weighted by Gasteiger charge is -2.07. The molecule has 5 heteroatoms. The second-order valence-corrected chi connectivity index (χ2v) is 5.04. The van der Waals surface area contributed by atoms with Crippen molar-refractivity contribution in [2.75, 3.05) is 11.1 Å². The number of hydrogen-bond acceptors (Lipinski definition) is 3. The Balaban J connectivity index is 1.85. The van der Waals surface area contributed by atoms with Gasteiger partial charge in [0, 0.05) is 17.6 Å². The summed E-state index contributed by atoms with van der Waals surface area (Å²) in [4.78, 5) is 12.1. The molecule has 1 saturated carbocycles. The Morgan fingerprint density at radius 3 is 3.00 bits per heavy atom. The average Bonchev–Trinajstić information content (AvgIpc) is 2.88. The third-order valence-electron chi connectivity index (χ3n) is 2.82. The maximum absolute atomic E-state index is 12.1. The van der Waals surface area contributed by atoms with E-state index < -0.39 is 0 Å². The molecule has 1 aliphatic carbocycles. The molecule has 0 bridgehead atoms. The molecular weight excluding hydrogens is 234 g/mol. The summed E-state index contributed by atoms with van der Waals surface area (Å²) in [5, 5.41) is 6.71. The van der Waals surface area contributed by atoms with E-state index in [2.05, 4.69) is 5.32 Å². The van der Waals surface area contributed by atoms with Crippen molar-refractivity contribution in [2.24, 2.45) is 0 Å². The first kappa shape index (κ1) is 10.4. The van der Waals surface area contributed by atoms with E-state index in [1.165, 1.54) is 0 Å². The van der Waals surface area contributed by atoms with Crippen LogP contribution in [0.15, 0.2) is 29.1 Å². The van der Waals surface area contributed by atoms with Gasteiger partial charge in [-0.25, -0.2) is 0 Å². The van der Waals surface area contributed by atoms with Crippen LogP contribution in [0.4, 0.5) is 11.4 Å². The summed E-state index contributed by atoms with van der Waals surface area (Å²) >= 11 is 1.56. The van der Waals surface area contributed by atoms with E-state index in [-0.39, 0.29) is 5.91 Å². The molecule has 0 aromatic carbocycles. The quantitative estimate of drug-likeness (QED) is 0.876. The van der Waals surface area contributed by atoms with Crippen LogP contribution in [-0.2, 0) is 0 Å². The van der Waals surface area contributed by atoms with E-state index in [0.717, 1.165) is 18.5 Å². The standard InChI is InChI=1S/C12H13N3OS/c13-8-5-11(15(6-8)10-1-2-10)12(16)14-9-3-4-17-7-9/h3-7,10H,1-2,13H2,(H,14,16). The van der Waals surface area contributed by atoms with Crippen LogP contribution < -0.4 is 11.1 Å². The first-order valence-electron chi connectivity index (χ1n) is 5.55. The fourth-order valence-corrected chi connectivity index (χ4v) is 2.46. The zero-order valence-electron chi connectivity index (χ0n) is 9.22. The molecule has 0 atom stereocenters.